The highest BCUT2D eigenvalue weighted by Gasteiger charge is 2.18. The number of nitrogen functional groups attached to an aromatic ring is 1. The fourth-order valence-corrected chi connectivity index (χ4v) is 5.11. The molecule has 2 aromatic heterocycles. The van der Waals surface area contributed by atoms with Crippen molar-refractivity contribution in [1.82, 2.24) is 19.5 Å². The molecule has 2 heterocycles. The van der Waals surface area contributed by atoms with Crippen LogP contribution in [0.5, 0.6) is 6.01 Å². The quantitative estimate of drug-likeness (QED) is 0.243. The van der Waals surface area contributed by atoms with Crippen LogP contribution in [0.2, 0.25) is 0 Å². The molecule has 0 aliphatic heterocycles. The molecule has 1 aromatic carbocycles. The third-order valence-corrected chi connectivity index (χ3v) is 6.84. The number of hydrogen-bond acceptors (Lipinski definition) is 7. The van der Waals surface area contributed by atoms with Crippen LogP contribution in [0, 0.1) is 0 Å². The van der Waals surface area contributed by atoms with Crippen LogP contribution in [0.4, 0.5) is 5.82 Å². The van der Waals surface area contributed by atoms with Gasteiger partial charge in [0.2, 0.25) is 7.37 Å². The Morgan fingerprint density at radius 3 is 2.70 bits per heavy atom. The van der Waals surface area contributed by atoms with Crippen molar-refractivity contribution in [3.63, 3.8) is 0 Å². The van der Waals surface area contributed by atoms with E-state index < -0.39 is 7.37 Å². The maximum absolute atomic E-state index is 12.5. The molecular formula is C20H27BrN5O3P. The number of imidazole rings is 1. The van der Waals surface area contributed by atoms with Gasteiger partial charge in [0, 0.05) is 12.8 Å². The number of nitrogens with two attached hydrogens (primary N) is 1. The smallest absolute Gasteiger partial charge is 0.320 e. The van der Waals surface area contributed by atoms with Gasteiger partial charge in [0.1, 0.15) is 0 Å². The first-order valence-corrected chi connectivity index (χ1v) is 13.0. The lowest BCUT2D eigenvalue weighted by atomic mass is 10.1. The lowest BCUT2D eigenvalue weighted by Crippen LogP contribution is -2.06. The number of nitrogens with zero attached hydrogens (tertiary/aromatic N) is 4. The molecule has 3 rings (SSSR count). The third kappa shape index (κ3) is 5.59. The molecule has 0 saturated carbocycles. The van der Waals surface area contributed by atoms with Crippen molar-refractivity contribution in [1.29, 1.82) is 0 Å². The predicted octanol–water partition coefficient (Wildman–Crippen LogP) is 4.84. The Hall–Kier alpha value is -1.96. The number of ether oxygens (including phenoxy) is 1. The summed E-state index contributed by atoms with van der Waals surface area (Å²) in [5.74, 6) is 0.281. The topological polar surface area (TPSA) is 105 Å². The van der Waals surface area contributed by atoms with Crippen LogP contribution in [0.15, 0.2) is 29.0 Å². The van der Waals surface area contributed by atoms with Gasteiger partial charge in [-0.1, -0.05) is 37.6 Å². The second-order valence-electron chi connectivity index (χ2n) is 7.14. The van der Waals surface area contributed by atoms with Crippen LogP contribution in [0.25, 0.3) is 11.2 Å². The molecule has 0 aliphatic carbocycles. The van der Waals surface area contributed by atoms with Crippen LogP contribution in [-0.2, 0) is 21.8 Å². The predicted molar refractivity (Wildman–Crippen MR) is 122 cm³/mol. The van der Waals surface area contributed by atoms with E-state index in [1.807, 2.05) is 35.8 Å². The van der Waals surface area contributed by atoms with Gasteiger partial charge < -0.3 is 15.0 Å². The highest BCUT2D eigenvalue weighted by molar-refractivity contribution is 9.10. The maximum atomic E-state index is 12.5. The highest BCUT2D eigenvalue weighted by Crippen LogP contribution is 2.46. The molecule has 162 valence electrons. The second kappa shape index (κ2) is 9.90. The summed E-state index contributed by atoms with van der Waals surface area (Å²) < 4.78 is 26.1. The average Bonchev–Trinajstić information content (AvgIpc) is 2.98. The van der Waals surface area contributed by atoms with E-state index in [0.717, 1.165) is 24.0 Å². The van der Waals surface area contributed by atoms with Crippen molar-refractivity contribution >= 4 is 40.3 Å². The molecule has 2 N–H and O–H groups in total. The molecule has 0 radical (unpaired) electrons. The molecule has 30 heavy (non-hydrogen) atoms. The van der Waals surface area contributed by atoms with Gasteiger partial charge in [-0.2, -0.15) is 9.97 Å². The molecule has 0 bridgehead atoms. The number of benzene rings is 1. The Morgan fingerprint density at radius 1 is 1.20 bits per heavy atom. The molecule has 0 spiro atoms. The summed E-state index contributed by atoms with van der Waals surface area (Å²) in [6, 6.07) is 8.19. The van der Waals surface area contributed by atoms with E-state index >= 15 is 0 Å². The Morgan fingerprint density at radius 2 is 1.97 bits per heavy atom. The molecule has 1 atom stereocenters. The molecule has 0 fully saturated rings. The molecule has 0 aliphatic rings. The standard InChI is InChI=1S/C20H27BrN5O3P/c1-4-6-10-28-20-24-17(22)16-18(25-20)26(19(21)23-16)12-14-8-7-9-15(11-14)13-30(3,27)29-5-2/h7-9,11H,4-6,10,12-13H2,1-3H3,(H2,22,24,25). The van der Waals surface area contributed by atoms with Gasteiger partial charge in [-0.25, -0.2) is 4.98 Å². The largest absolute Gasteiger partial charge is 0.463 e. The van der Waals surface area contributed by atoms with E-state index in [0.29, 0.717) is 41.8 Å². The number of aromatic nitrogens is 4. The number of anilines is 1. The van der Waals surface area contributed by atoms with E-state index in [9.17, 15) is 4.57 Å². The summed E-state index contributed by atoms with van der Waals surface area (Å²) in [5.41, 5.74) is 9.19. The van der Waals surface area contributed by atoms with Crippen LogP contribution < -0.4 is 10.5 Å². The monoisotopic (exact) mass is 495 g/mol. The van der Waals surface area contributed by atoms with Crippen molar-refractivity contribution < 1.29 is 13.8 Å². The van der Waals surface area contributed by atoms with E-state index in [2.05, 4.69) is 37.8 Å². The van der Waals surface area contributed by atoms with Gasteiger partial charge in [-0.05, 0) is 40.4 Å². The Labute approximate surface area is 184 Å². The summed E-state index contributed by atoms with van der Waals surface area (Å²) in [6.45, 7) is 7.10. The number of rotatable bonds is 10. The maximum Gasteiger partial charge on any atom is 0.320 e. The van der Waals surface area contributed by atoms with E-state index in [1.54, 1.807) is 6.66 Å². The van der Waals surface area contributed by atoms with Crippen molar-refractivity contribution in [2.24, 2.45) is 0 Å². The zero-order valence-electron chi connectivity index (χ0n) is 17.5. The summed E-state index contributed by atoms with van der Waals surface area (Å²) >= 11 is 3.50. The molecule has 0 saturated heterocycles. The van der Waals surface area contributed by atoms with Crippen molar-refractivity contribution in [3.05, 3.63) is 40.1 Å². The summed E-state index contributed by atoms with van der Waals surface area (Å²) in [6.07, 6.45) is 2.33. The number of unbranched alkanes of at least 4 members (excludes halogenated alkanes) is 1. The Kier molecular flexibility index (Phi) is 7.50. The SMILES string of the molecule is CCCCOc1nc(N)c2nc(Br)n(Cc3cccc(CP(C)(=O)OCC)c3)c2n1. The second-order valence-corrected chi connectivity index (χ2v) is 10.5. The third-order valence-electron chi connectivity index (χ3n) is 4.49. The molecule has 3 aromatic rings. The molecule has 0 amide bonds. The molecule has 10 heteroatoms. The molecule has 1 unspecified atom stereocenters. The number of fused-ring (bicyclic) bond motifs is 1. The fraction of sp³-hybridized carbons (Fsp3) is 0.450. The van der Waals surface area contributed by atoms with Crippen molar-refractivity contribution in [2.75, 3.05) is 25.6 Å². The van der Waals surface area contributed by atoms with Crippen LogP contribution in [0.3, 0.4) is 0 Å². The average molecular weight is 496 g/mol. The summed E-state index contributed by atoms with van der Waals surface area (Å²) in [7, 11) is -2.66. The van der Waals surface area contributed by atoms with Gasteiger partial charge in [0.15, 0.2) is 21.7 Å². The summed E-state index contributed by atoms with van der Waals surface area (Å²) in [4.78, 5) is 13.2. The first kappa shape index (κ1) is 22.7. The van der Waals surface area contributed by atoms with Gasteiger partial charge >= 0.3 is 6.01 Å². The van der Waals surface area contributed by atoms with E-state index in [4.69, 9.17) is 15.0 Å². The first-order chi connectivity index (χ1) is 14.3. The normalized spacial score (nSPS) is 13.5. The van der Waals surface area contributed by atoms with Crippen LogP contribution in [-0.4, -0.2) is 39.4 Å². The lowest BCUT2D eigenvalue weighted by Gasteiger charge is -2.13. The van der Waals surface area contributed by atoms with Gasteiger partial charge in [-0.3, -0.25) is 9.13 Å². The minimum atomic E-state index is -2.66. The van der Waals surface area contributed by atoms with Crippen molar-refractivity contribution in [2.45, 2.75) is 39.4 Å². The van der Waals surface area contributed by atoms with Gasteiger partial charge in [-0.15, -0.1) is 0 Å². The van der Waals surface area contributed by atoms with Gasteiger partial charge in [0.05, 0.1) is 19.8 Å². The fourth-order valence-electron chi connectivity index (χ4n) is 3.15. The first-order valence-electron chi connectivity index (χ1n) is 9.94. The minimum Gasteiger partial charge on any atom is -0.463 e. The summed E-state index contributed by atoms with van der Waals surface area (Å²) in [5, 5.41) is 0. The van der Waals surface area contributed by atoms with Crippen LogP contribution in [0.1, 0.15) is 37.8 Å². The molecular weight excluding hydrogens is 469 g/mol. The van der Waals surface area contributed by atoms with E-state index in [-0.39, 0.29) is 11.8 Å². The van der Waals surface area contributed by atoms with Crippen molar-refractivity contribution in [3.8, 4) is 6.01 Å². The minimum absolute atomic E-state index is 0.250. The highest BCUT2D eigenvalue weighted by atomic mass is 79.9. The Bertz CT molecular complexity index is 1070. The zero-order valence-corrected chi connectivity index (χ0v) is 19.9. The van der Waals surface area contributed by atoms with E-state index in [1.165, 1.54) is 0 Å². The zero-order chi connectivity index (χ0) is 21.7. The number of halogens is 1. The number of hydrogen-bond donors (Lipinski definition) is 1. The lowest BCUT2D eigenvalue weighted by molar-refractivity contribution is 0.286. The molecule has 8 nitrogen and oxygen atoms in total. The van der Waals surface area contributed by atoms with Gasteiger partial charge in [0.25, 0.3) is 0 Å². The van der Waals surface area contributed by atoms with Crippen LogP contribution >= 0.6 is 23.3 Å². The Balaban J connectivity index is 1.89.